The van der Waals surface area contributed by atoms with Gasteiger partial charge in [0.25, 0.3) is 0 Å². The van der Waals surface area contributed by atoms with Gasteiger partial charge in [-0.3, -0.25) is 4.79 Å². The molecular formula is C15H22N2O4. The van der Waals surface area contributed by atoms with Crippen LogP contribution in [-0.2, 0) is 16.0 Å². The smallest absolute Gasteiger partial charge is 0.326 e. The summed E-state index contributed by atoms with van der Waals surface area (Å²) >= 11 is 0. The van der Waals surface area contributed by atoms with Crippen molar-refractivity contribution < 1.29 is 19.8 Å². The Morgan fingerprint density at radius 3 is 2.43 bits per heavy atom. The summed E-state index contributed by atoms with van der Waals surface area (Å²) in [5, 5.41) is 20.9. The highest BCUT2D eigenvalue weighted by atomic mass is 16.4. The van der Waals surface area contributed by atoms with E-state index >= 15 is 0 Å². The number of hydrogen-bond acceptors (Lipinski definition) is 4. The molecule has 0 spiro atoms. The number of carboxylic acids is 1. The van der Waals surface area contributed by atoms with Crippen molar-refractivity contribution >= 4 is 11.9 Å². The van der Waals surface area contributed by atoms with Crippen molar-refractivity contribution in [2.45, 2.75) is 32.2 Å². The maximum Gasteiger partial charge on any atom is 0.326 e. The molecule has 21 heavy (non-hydrogen) atoms. The first-order chi connectivity index (χ1) is 9.92. The van der Waals surface area contributed by atoms with E-state index in [0.717, 1.165) is 5.56 Å². The van der Waals surface area contributed by atoms with Gasteiger partial charge in [0.2, 0.25) is 5.91 Å². The van der Waals surface area contributed by atoms with Crippen molar-refractivity contribution in [3.8, 4) is 5.75 Å². The number of nitrogens with two attached hydrogens (primary N) is 1. The van der Waals surface area contributed by atoms with Gasteiger partial charge in [0.15, 0.2) is 0 Å². The van der Waals surface area contributed by atoms with Crippen molar-refractivity contribution in [3.05, 3.63) is 29.8 Å². The van der Waals surface area contributed by atoms with Gasteiger partial charge in [-0.15, -0.1) is 0 Å². The number of aromatic hydroxyl groups is 1. The molecule has 6 heteroatoms. The zero-order valence-corrected chi connectivity index (χ0v) is 12.1. The first kappa shape index (κ1) is 17.0. The van der Waals surface area contributed by atoms with E-state index in [9.17, 15) is 19.8 Å². The first-order valence-corrected chi connectivity index (χ1v) is 6.92. The predicted octanol–water partition coefficient (Wildman–Crippen LogP) is 0.879. The molecule has 5 N–H and O–H groups in total. The van der Waals surface area contributed by atoms with Gasteiger partial charge in [-0.1, -0.05) is 19.1 Å². The second kappa shape index (κ2) is 8.26. The van der Waals surface area contributed by atoms with Crippen LogP contribution in [0.15, 0.2) is 24.3 Å². The summed E-state index contributed by atoms with van der Waals surface area (Å²) in [7, 11) is 0. The van der Waals surface area contributed by atoms with Crippen LogP contribution < -0.4 is 11.1 Å². The van der Waals surface area contributed by atoms with Gasteiger partial charge in [-0.2, -0.15) is 0 Å². The SMILES string of the molecule is CC(CN)CCC(=O)N[C@@H](Cc1ccc(O)cc1)C(=O)O. The third kappa shape index (κ3) is 6.27. The molecule has 0 fully saturated rings. The quantitative estimate of drug-likeness (QED) is 0.568. The van der Waals surface area contributed by atoms with Gasteiger partial charge in [-0.25, -0.2) is 4.79 Å². The fraction of sp³-hybridized carbons (Fsp3) is 0.467. The number of carbonyl (C=O) groups is 2. The first-order valence-electron chi connectivity index (χ1n) is 6.92. The second-order valence-corrected chi connectivity index (χ2v) is 5.21. The Morgan fingerprint density at radius 1 is 1.29 bits per heavy atom. The van der Waals surface area contributed by atoms with Crippen LogP contribution in [0.2, 0.25) is 0 Å². The molecular weight excluding hydrogens is 272 g/mol. The zero-order chi connectivity index (χ0) is 15.8. The van der Waals surface area contributed by atoms with Crippen LogP contribution in [0.1, 0.15) is 25.3 Å². The minimum Gasteiger partial charge on any atom is -0.508 e. The van der Waals surface area contributed by atoms with Crippen LogP contribution in [0.5, 0.6) is 5.75 Å². The molecule has 0 aliphatic heterocycles. The van der Waals surface area contributed by atoms with Gasteiger partial charge < -0.3 is 21.3 Å². The van der Waals surface area contributed by atoms with E-state index in [-0.39, 0.29) is 30.4 Å². The summed E-state index contributed by atoms with van der Waals surface area (Å²) in [6.07, 6.45) is 1.07. The molecule has 1 aromatic carbocycles. The number of benzene rings is 1. The zero-order valence-electron chi connectivity index (χ0n) is 12.1. The minimum atomic E-state index is -1.08. The van der Waals surface area contributed by atoms with E-state index in [1.807, 2.05) is 6.92 Å². The predicted molar refractivity (Wildman–Crippen MR) is 78.8 cm³/mol. The van der Waals surface area contributed by atoms with Gasteiger partial charge >= 0.3 is 5.97 Å². The van der Waals surface area contributed by atoms with Crippen molar-refractivity contribution in [3.63, 3.8) is 0 Å². The lowest BCUT2D eigenvalue weighted by Crippen LogP contribution is -2.42. The molecule has 0 aliphatic rings. The monoisotopic (exact) mass is 294 g/mol. The van der Waals surface area contributed by atoms with E-state index in [1.54, 1.807) is 12.1 Å². The van der Waals surface area contributed by atoms with E-state index in [2.05, 4.69) is 5.32 Å². The molecule has 1 rings (SSSR count). The Balaban J connectivity index is 2.55. The average Bonchev–Trinajstić information content (AvgIpc) is 2.46. The van der Waals surface area contributed by atoms with Crippen LogP contribution in [0.25, 0.3) is 0 Å². The third-order valence-corrected chi connectivity index (χ3v) is 3.28. The maximum atomic E-state index is 11.8. The Hall–Kier alpha value is -2.08. The number of aliphatic carboxylic acids is 1. The summed E-state index contributed by atoms with van der Waals surface area (Å²) < 4.78 is 0. The molecule has 2 atom stereocenters. The minimum absolute atomic E-state index is 0.116. The van der Waals surface area contributed by atoms with Crippen molar-refractivity contribution in [1.29, 1.82) is 0 Å². The van der Waals surface area contributed by atoms with Crippen molar-refractivity contribution in [2.75, 3.05) is 6.54 Å². The largest absolute Gasteiger partial charge is 0.508 e. The molecule has 0 radical (unpaired) electrons. The fourth-order valence-electron chi connectivity index (χ4n) is 1.83. The molecule has 0 saturated heterocycles. The highest BCUT2D eigenvalue weighted by Gasteiger charge is 2.20. The number of rotatable bonds is 8. The molecule has 0 bridgehead atoms. The standard InChI is InChI=1S/C15H22N2O4/c1-10(9-16)2-7-14(19)17-13(15(20)21)8-11-3-5-12(18)6-4-11/h3-6,10,13,18H,2,7-9,16H2,1H3,(H,17,19)(H,20,21)/t10?,13-/m0/s1. The molecule has 0 aliphatic carbocycles. The van der Waals surface area contributed by atoms with E-state index < -0.39 is 12.0 Å². The Morgan fingerprint density at radius 2 is 1.90 bits per heavy atom. The molecule has 1 unspecified atom stereocenters. The summed E-state index contributed by atoms with van der Waals surface area (Å²) in [5.74, 6) is -1.02. The highest BCUT2D eigenvalue weighted by Crippen LogP contribution is 2.12. The van der Waals surface area contributed by atoms with Gasteiger partial charge in [-0.05, 0) is 36.6 Å². The van der Waals surface area contributed by atoms with E-state index in [4.69, 9.17) is 5.73 Å². The number of carbonyl (C=O) groups excluding carboxylic acids is 1. The molecule has 6 nitrogen and oxygen atoms in total. The topological polar surface area (TPSA) is 113 Å². The fourth-order valence-corrected chi connectivity index (χ4v) is 1.83. The number of carboxylic acid groups (broad SMARTS) is 1. The van der Waals surface area contributed by atoms with Crippen LogP contribution >= 0.6 is 0 Å². The van der Waals surface area contributed by atoms with Gasteiger partial charge in [0.1, 0.15) is 11.8 Å². The van der Waals surface area contributed by atoms with Crippen LogP contribution in [-0.4, -0.2) is 34.7 Å². The molecule has 0 aromatic heterocycles. The number of hydrogen-bond donors (Lipinski definition) is 4. The Kier molecular flexibility index (Phi) is 6.68. The number of amides is 1. The third-order valence-electron chi connectivity index (χ3n) is 3.28. The molecule has 0 saturated carbocycles. The maximum absolute atomic E-state index is 11.8. The van der Waals surface area contributed by atoms with Gasteiger partial charge in [0.05, 0.1) is 0 Å². The van der Waals surface area contributed by atoms with Crippen molar-refractivity contribution in [2.24, 2.45) is 11.7 Å². The number of phenols is 1. The van der Waals surface area contributed by atoms with Crippen LogP contribution in [0.4, 0.5) is 0 Å². The molecule has 0 heterocycles. The van der Waals surface area contributed by atoms with E-state index in [0.29, 0.717) is 13.0 Å². The molecule has 1 amide bonds. The number of phenolic OH excluding ortho intramolecular Hbond substituents is 1. The lowest BCUT2D eigenvalue weighted by molar-refractivity contribution is -0.141. The van der Waals surface area contributed by atoms with Crippen LogP contribution in [0.3, 0.4) is 0 Å². The van der Waals surface area contributed by atoms with Crippen molar-refractivity contribution in [1.82, 2.24) is 5.32 Å². The van der Waals surface area contributed by atoms with Crippen LogP contribution in [0, 0.1) is 5.92 Å². The normalized spacial score (nSPS) is 13.4. The summed E-state index contributed by atoms with van der Waals surface area (Å²) in [6.45, 7) is 2.45. The second-order valence-electron chi connectivity index (χ2n) is 5.21. The molecule has 116 valence electrons. The lowest BCUT2D eigenvalue weighted by atomic mass is 10.0. The summed E-state index contributed by atoms with van der Waals surface area (Å²) in [6, 6.07) is 5.26. The average molecular weight is 294 g/mol. The van der Waals surface area contributed by atoms with E-state index in [1.165, 1.54) is 12.1 Å². The lowest BCUT2D eigenvalue weighted by Gasteiger charge is -2.15. The van der Waals surface area contributed by atoms with Gasteiger partial charge in [0, 0.05) is 12.8 Å². The Bertz CT molecular complexity index is 473. The molecule has 1 aromatic rings. The highest BCUT2D eigenvalue weighted by molar-refractivity contribution is 5.83. The summed E-state index contributed by atoms with van der Waals surface area (Å²) in [5.41, 5.74) is 6.21. The Labute approximate surface area is 124 Å². The summed E-state index contributed by atoms with van der Waals surface area (Å²) in [4.78, 5) is 23.0. The number of nitrogens with one attached hydrogen (secondary N) is 1.